The van der Waals surface area contributed by atoms with Gasteiger partial charge in [0.15, 0.2) is 0 Å². The van der Waals surface area contributed by atoms with E-state index in [1.807, 2.05) is 18.2 Å². The molecule has 0 fully saturated rings. The van der Waals surface area contributed by atoms with Crippen molar-refractivity contribution in [1.29, 1.82) is 0 Å². The van der Waals surface area contributed by atoms with Crippen LogP contribution in [-0.4, -0.2) is 11.0 Å². The smallest absolute Gasteiger partial charge is 0.0409 e. The van der Waals surface area contributed by atoms with Crippen molar-refractivity contribution in [2.75, 3.05) is 11.0 Å². The minimum Gasteiger partial charge on any atom is -0.313 e. The second-order valence-corrected chi connectivity index (χ2v) is 4.36. The molecule has 0 saturated heterocycles. The Morgan fingerprint density at radius 3 is 2.92 bits per heavy atom. The molecule has 1 aromatic carbocycles. The Morgan fingerprint density at radius 2 is 2.23 bits per heavy atom. The van der Waals surface area contributed by atoms with Crippen LogP contribution < -0.4 is 5.32 Å². The molecule has 1 rings (SSSR count). The molecule has 0 amide bonds. The van der Waals surface area contributed by atoms with Gasteiger partial charge >= 0.3 is 0 Å². The van der Waals surface area contributed by atoms with Crippen LogP contribution in [0.1, 0.15) is 12.0 Å². The summed E-state index contributed by atoms with van der Waals surface area (Å²) in [6.45, 7) is 1.99. The van der Waals surface area contributed by atoms with Crippen molar-refractivity contribution in [2.45, 2.75) is 13.0 Å². The van der Waals surface area contributed by atoms with E-state index < -0.39 is 0 Å². The van der Waals surface area contributed by atoms with Crippen LogP contribution in [0.15, 0.2) is 24.3 Å². The molecule has 0 heterocycles. The van der Waals surface area contributed by atoms with E-state index >= 15 is 0 Å². The molecule has 0 atom stereocenters. The molecule has 1 nitrogen and oxygen atoms in total. The third kappa shape index (κ3) is 4.84. The van der Waals surface area contributed by atoms with Crippen molar-refractivity contribution in [3.8, 4) is 0 Å². The van der Waals surface area contributed by atoms with Gasteiger partial charge in [0.2, 0.25) is 0 Å². The standard InChI is InChI=1S/C10H13ClIN/c11-10-4-1-3-9(7-10)8-13-6-2-5-12/h1,3-4,7,13H,2,5-6,8H2. The molecule has 0 radical (unpaired) electrons. The van der Waals surface area contributed by atoms with E-state index in [0.29, 0.717) is 0 Å². The van der Waals surface area contributed by atoms with Gasteiger partial charge < -0.3 is 5.32 Å². The van der Waals surface area contributed by atoms with E-state index in [4.69, 9.17) is 11.6 Å². The summed E-state index contributed by atoms with van der Waals surface area (Å²) in [5.41, 5.74) is 1.25. The van der Waals surface area contributed by atoms with Gasteiger partial charge in [-0.1, -0.05) is 46.3 Å². The maximum atomic E-state index is 5.86. The van der Waals surface area contributed by atoms with Gasteiger partial charge in [-0.15, -0.1) is 0 Å². The molecule has 0 spiro atoms. The van der Waals surface area contributed by atoms with Gasteiger partial charge in [0, 0.05) is 16.0 Å². The molecule has 0 aliphatic heterocycles. The Hall–Kier alpha value is 0.200. The van der Waals surface area contributed by atoms with Gasteiger partial charge in [0.25, 0.3) is 0 Å². The SMILES string of the molecule is Clc1cccc(CNCCCI)c1. The first-order chi connectivity index (χ1) is 6.33. The van der Waals surface area contributed by atoms with Gasteiger partial charge in [-0.3, -0.25) is 0 Å². The Kier molecular flexibility index (Phi) is 5.75. The van der Waals surface area contributed by atoms with E-state index in [1.165, 1.54) is 16.4 Å². The zero-order valence-corrected chi connectivity index (χ0v) is 10.3. The molecule has 1 aromatic rings. The number of rotatable bonds is 5. The molecule has 0 aliphatic rings. The van der Waals surface area contributed by atoms with E-state index in [2.05, 4.69) is 34.0 Å². The molecule has 0 unspecified atom stereocenters. The molecule has 0 saturated carbocycles. The van der Waals surface area contributed by atoms with Crippen LogP contribution in [-0.2, 0) is 6.54 Å². The molecule has 1 N–H and O–H groups in total. The lowest BCUT2D eigenvalue weighted by molar-refractivity contribution is 0.682. The third-order valence-electron chi connectivity index (χ3n) is 1.71. The lowest BCUT2D eigenvalue weighted by Gasteiger charge is -2.03. The molecule has 0 aliphatic carbocycles. The van der Waals surface area contributed by atoms with Crippen molar-refractivity contribution < 1.29 is 0 Å². The summed E-state index contributed by atoms with van der Waals surface area (Å²) in [7, 11) is 0. The molecular formula is C10H13ClIN. The molecular weight excluding hydrogens is 296 g/mol. The molecule has 0 aromatic heterocycles. The fourth-order valence-electron chi connectivity index (χ4n) is 1.07. The zero-order chi connectivity index (χ0) is 9.52. The highest BCUT2D eigenvalue weighted by molar-refractivity contribution is 14.1. The van der Waals surface area contributed by atoms with Gasteiger partial charge in [-0.25, -0.2) is 0 Å². The van der Waals surface area contributed by atoms with E-state index in [1.54, 1.807) is 0 Å². The maximum absolute atomic E-state index is 5.86. The highest BCUT2D eigenvalue weighted by Gasteiger charge is 1.92. The first-order valence-electron chi connectivity index (χ1n) is 4.34. The fourth-order valence-corrected chi connectivity index (χ4v) is 1.67. The minimum atomic E-state index is 0.813. The quantitative estimate of drug-likeness (QED) is 0.500. The topological polar surface area (TPSA) is 12.0 Å². The number of alkyl halides is 1. The summed E-state index contributed by atoms with van der Waals surface area (Å²) in [5.74, 6) is 0. The Balaban J connectivity index is 2.28. The van der Waals surface area contributed by atoms with Crippen LogP contribution in [0.3, 0.4) is 0 Å². The first-order valence-corrected chi connectivity index (χ1v) is 6.24. The second-order valence-electron chi connectivity index (χ2n) is 2.85. The van der Waals surface area contributed by atoms with Crippen molar-refractivity contribution in [2.24, 2.45) is 0 Å². The molecule has 3 heteroatoms. The fraction of sp³-hybridized carbons (Fsp3) is 0.400. The average Bonchev–Trinajstić information content (AvgIpc) is 2.13. The summed E-state index contributed by atoms with van der Waals surface area (Å²) < 4.78 is 1.21. The highest BCUT2D eigenvalue weighted by Crippen LogP contribution is 2.10. The maximum Gasteiger partial charge on any atom is 0.0409 e. The van der Waals surface area contributed by atoms with Gasteiger partial charge in [0.1, 0.15) is 0 Å². The van der Waals surface area contributed by atoms with E-state index in [0.717, 1.165) is 18.1 Å². The second kappa shape index (κ2) is 6.62. The lowest BCUT2D eigenvalue weighted by Crippen LogP contribution is -2.14. The van der Waals surface area contributed by atoms with Crippen LogP contribution >= 0.6 is 34.2 Å². The van der Waals surface area contributed by atoms with Crippen LogP contribution in [0.5, 0.6) is 0 Å². The Labute approximate surface area is 98.0 Å². The van der Waals surface area contributed by atoms with Crippen LogP contribution in [0, 0.1) is 0 Å². The molecule has 13 heavy (non-hydrogen) atoms. The number of hydrogen-bond acceptors (Lipinski definition) is 1. The summed E-state index contributed by atoms with van der Waals surface area (Å²) in [6.07, 6.45) is 1.22. The van der Waals surface area contributed by atoms with Crippen LogP contribution in [0.4, 0.5) is 0 Å². The van der Waals surface area contributed by atoms with Gasteiger partial charge in [-0.2, -0.15) is 0 Å². The Morgan fingerprint density at radius 1 is 1.38 bits per heavy atom. The highest BCUT2D eigenvalue weighted by atomic mass is 127. The van der Waals surface area contributed by atoms with Crippen molar-refractivity contribution in [3.05, 3.63) is 34.9 Å². The van der Waals surface area contributed by atoms with Crippen LogP contribution in [0.2, 0.25) is 5.02 Å². The molecule has 72 valence electrons. The van der Waals surface area contributed by atoms with E-state index in [-0.39, 0.29) is 0 Å². The number of hydrogen-bond donors (Lipinski definition) is 1. The van der Waals surface area contributed by atoms with Crippen molar-refractivity contribution >= 4 is 34.2 Å². The van der Waals surface area contributed by atoms with Crippen LogP contribution in [0.25, 0.3) is 0 Å². The largest absolute Gasteiger partial charge is 0.313 e. The summed E-state index contributed by atoms with van der Waals surface area (Å²) >= 11 is 8.24. The summed E-state index contributed by atoms with van der Waals surface area (Å²) in [4.78, 5) is 0. The first kappa shape index (κ1) is 11.3. The lowest BCUT2D eigenvalue weighted by atomic mass is 10.2. The van der Waals surface area contributed by atoms with Crippen molar-refractivity contribution in [3.63, 3.8) is 0 Å². The minimum absolute atomic E-state index is 0.813. The Bertz CT molecular complexity index is 252. The predicted octanol–water partition coefficient (Wildman–Crippen LogP) is 3.25. The summed E-state index contributed by atoms with van der Waals surface area (Å²) in [6, 6.07) is 7.97. The average molecular weight is 310 g/mol. The van der Waals surface area contributed by atoms with Crippen molar-refractivity contribution in [1.82, 2.24) is 5.32 Å². The number of nitrogens with one attached hydrogen (secondary N) is 1. The normalized spacial score (nSPS) is 10.3. The molecule has 0 bridgehead atoms. The predicted molar refractivity (Wildman–Crippen MR) is 66.7 cm³/mol. The zero-order valence-electron chi connectivity index (χ0n) is 7.39. The van der Waals surface area contributed by atoms with Gasteiger partial charge in [-0.05, 0) is 30.7 Å². The summed E-state index contributed by atoms with van der Waals surface area (Å²) in [5, 5.41) is 4.18. The third-order valence-corrected chi connectivity index (χ3v) is 2.70. The van der Waals surface area contributed by atoms with Gasteiger partial charge in [0.05, 0.1) is 0 Å². The number of benzene rings is 1. The number of halogens is 2. The monoisotopic (exact) mass is 309 g/mol. The van der Waals surface area contributed by atoms with E-state index in [9.17, 15) is 0 Å².